The molecule has 1 aromatic heterocycles. The number of aromatic nitrogens is 1. The molecule has 2 heterocycles. The number of carbonyl (C=O) groups is 2. The van der Waals surface area contributed by atoms with Gasteiger partial charge < -0.3 is 10.2 Å². The minimum Gasteiger partial charge on any atom is -0.347 e. The highest BCUT2D eigenvalue weighted by molar-refractivity contribution is 7.11. The molecule has 1 aliphatic heterocycles. The van der Waals surface area contributed by atoms with Crippen LogP contribution in [0.2, 0.25) is 5.02 Å². The Morgan fingerprint density at radius 3 is 2.83 bits per heavy atom. The van der Waals surface area contributed by atoms with E-state index in [9.17, 15) is 9.59 Å². The molecule has 1 saturated heterocycles. The van der Waals surface area contributed by atoms with Crippen molar-refractivity contribution in [3.05, 3.63) is 50.9 Å². The lowest BCUT2D eigenvalue weighted by Crippen LogP contribution is -2.28. The van der Waals surface area contributed by atoms with E-state index in [1.165, 1.54) is 11.3 Å². The lowest BCUT2D eigenvalue weighted by Gasteiger charge is -2.12. The number of thiazole rings is 1. The van der Waals surface area contributed by atoms with Crippen LogP contribution in [0.1, 0.15) is 38.7 Å². The van der Waals surface area contributed by atoms with E-state index >= 15 is 0 Å². The highest BCUT2D eigenvalue weighted by Gasteiger charge is 2.23. The van der Waals surface area contributed by atoms with Gasteiger partial charge in [-0.2, -0.15) is 0 Å². The predicted octanol–water partition coefficient (Wildman–Crippen LogP) is 2.96. The summed E-state index contributed by atoms with van der Waals surface area (Å²) in [5.74, 6) is -0.372. The van der Waals surface area contributed by atoms with Crippen LogP contribution >= 0.6 is 22.9 Å². The van der Waals surface area contributed by atoms with Crippen LogP contribution < -0.4 is 5.32 Å². The molecule has 23 heavy (non-hydrogen) atoms. The average Bonchev–Trinajstić information content (AvgIpc) is 3.23. The number of nitrogens with zero attached hydrogens (tertiary/aromatic N) is 2. The standard InChI is InChI=1S/C16H16ClN3O2S/c17-12-5-3-4-11(8-12)9-18-14(21)13-10-23-15(19-13)16(22)20-6-1-2-7-20/h3-5,8,10H,1-2,6-7,9H2,(H,18,21). The number of carbonyl (C=O) groups excluding carboxylic acids is 2. The van der Waals surface area contributed by atoms with E-state index in [0.717, 1.165) is 31.5 Å². The first-order chi connectivity index (χ1) is 11.1. The van der Waals surface area contributed by atoms with Gasteiger partial charge in [0.05, 0.1) is 0 Å². The molecule has 0 atom stereocenters. The van der Waals surface area contributed by atoms with Gasteiger partial charge in [-0.3, -0.25) is 9.59 Å². The Morgan fingerprint density at radius 1 is 1.30 bits per heavy atom. The fourth-order valence-corrected chi connectivity index (χ4v) is 3.43. The van der Waals surface area contributed by atoms with E-state index < -0.39 is 0 Å². The second-order valence-corrected chi connectivity index (χ2v) is 6.64. The Kier molecular flexibility index (Phi) is 4.93. The fraction of sp³-hybridized carbons (Fsp3) is 0.312. The number of benzene rings is 1. The number of likely N-dealkylation sites (tertiary alicyclic amines) is 1. The van der Waals surface area contributed by atoms with Crippen LogP contribution in [-0.4, -0.2) is 34.8 Å². The summed E-state index contributed by atoms with van der Waals surface area (Å²) in [5.41, 5.74) is 1.19. The SMILES string of the molecule is O=C(NCc1cccc(Cl)c1)c1csc(C(=O)N2CCCC2)n1. The lowest BCUT2D eigenvalue weighted by molar-refractivity contribution is 0.0792. The van der Waals surface area contributed by atoms with Crippen molar-refractivity contribution in [2.24, 2.45) is 0 Å². The quantitative estimate of drug-likeness (QED) is 0.923. The second kappa shape index (κ2) is 7.10. The molecule has 0 spiro atoms. The lowest BCUT2D eigenvalue weighted by atomic mass is 10.2. The van der Waals surface area contributed by atoms with Crippen LogP contribution in [0.5, 0.6) is 0 Å². The third-order valence-electron chi connectivity index (χ3n) is 3.66. The Bertz CT molecular complexity index is 726. The highest BCUT2D eigenvalue weighted by atomic mass is 35.5. The number of rotatable bonds is 4. The van der Waals surface area contributed by atoms with Crippen molar-refractivity contribution in [2.75, 3.05) is 13.1 Å². The van der Waals surface area contributed by atoms with Crippen molar-refractivity contribution in [3.63, 3.8) is 0 Å². The first-order valence-corrected chi connectivity index (χ1v) is 8.67. The molecule has 0 saturated carbocycles. The van der Waals surface area contributed by atoms with Crippen molar-refractivity contribution in [2.45, 2.75) is 19.4 Å². The summed E-state index contributed by atoms with van der Waals surface area (Å²) in [4.78, 5) is 30.3. The molecular weight excluding hydrogens is 334 g/mol. The summed E-state index contributed by atoms with van der Waals surface area (Å²) in [5, 5.41) is 5.41. The third-order valence-corrected chi connectivity index (χ3v) is 4.72. The van der Waals surface area contributed by atoms with Gasteiger partial charge in [0.1, 0.15) is 5.69 Å². The van der Waals surface area contributed by atoms with E-state index in [4.69, 9.17) is 11.6 Å². The molecule has 2 aromatic rings. The molecule has 3 rings (SSSR count). The highest BCUT2D eigenvalue weighted by Crippen LogP contribution is 2.17. The van der Waals surface area contributed by atoms with Crippen molar-refractivity contribution >= 4 is 34.8 Å². The minimum atomic E-state index is -0.290. The maximum absolute atomic E-state index is 12.2. The van der Waals surface area contributed by atoms with Gasteiger partial charge >= 0.3 is 0 Å². The van der Waals surface area contributed by atoms with Gasteiger partial charge in [-0.1, -0.05) is 23.7 Å². The Balaban J connectivity index is 1.60. The second-order valence-electron chi connectivity index (χ2n) is 5.35. The molecule has 1 N–H and O–H groups in total. The molecule has 7 heteroatoms. The van der Waals surface area contributed by atoms with Crippen LogP contribution in [0.3, 0.4) is 0 Å². The van der Waals surface area contributed by atoms with Gasteiger partial charge in [0.2, 0.25) is 0 Å². The summed E-state index contributed by atoms with van der Waals surface area (Å²) >= 11 is 7.12. The number of halogens is 1. The molecule has 0 unspecified atom stereocenters. The Labute approximate surface area is 143 Å². The van der Waals surface area contributed by atoms with E-state index in [0.29, 0.717) is 16.6 Å². The van der Waals surface area contributed by atoms with Gasteiger partial charge in [0, 0.05) is 30.0 Å². The largest absolute Gasteiger partial charge is 0.347 e. The summed E-state index contributed by atoms with van der Waals surface area (Å²) in [7, 11) is 0. The van der Waals surface area contributed by atoms with Crippen molar-refractivity contribution in [1.29, 1.82) is 0 Å². The molecule has 1 aromatic carbocycles. The summed E-state index contributed by atoms with van der Waals surface area (Å²) in [6, 6.07) is 7.30. The minimum absolute atomic E-state index is 0.0820. The molecule has 0 aliphatic carbocycles. The van der Waals surface area contributed by atoms with Gasteiger partial charge in [0.15, 0.2) is 5.01 Å². The smallest absolute Gasteiger partial charge is 0.282 e. The van der Waals surface area contributed by atoms with Crippen molar-refractivity contribution in [3.8, 4) is 0 Å². The van der Waals surface area contributed by atoms with Crippen molar-refractivity contribution < 1.29 is 9.59 Å². The summed E-state index contributed by atoms with van der Waals surface area (Å²) in [6.07, 6.45) is 2.06. The van der Waals surface area contributed by atoms with Gasteiger partial charge in [0.25, 0.3) is 11.8 Å². The zero-order valence-electron chi connectivity index (χ0n) is 12.4. The number of hydrogen-bond acceptors (Lipinski definition) is 4. The van der Waals surface area contributed by atoms with E-state index in [1.807, 2.05) is 12.1 Å². The molecule has 0 bridgehead atoms. The zero-order chi connectivity index (χ0) is 16.2. The summed E-state index contributed by atoms with van der Waals surface area (Å²) < 4.78 is 0. The number of amides is 2. The monoisotopic (exact) mass is 349 g/mol. The molecule has 120 valence electrons. The number of hydrogen-bond donors (Lipinski definition) is 1. The summed E-state index contributed by atoms with van der Waals surface area (Å²) in [6.45, 7) is 1.91. The van der Waals surface area contributed by atoms with Gasteiger partial charge in [-0.25, -0.2) is 4.98 Å². The van der Waals surface area contributed by atoms with E-state index in [2.05, 4.69) is 10.3 Å². The maximum Gasteiger partial charge on any atom is 0.282 e. The van der Waals surface area contributed by atoms with Crippen LogP contribution in [0.25, 0.3) is 0 Å². The average molecular weight is 350 g/mol. The van der Waals surface area contributed by atoms with E-state index in [1.54, 1.807) is 22.4 Å². The Hall–Kier alpha value is -1.92. The van der Waals surface area contributed by atoms with Crippen LogP contribution in [0.4, 0.5) is 0 Å². The molecule has 2 amide bonds. The normalized spacial score (nSPS) is 14.0. The molecule has 5 nitrogen and oxygen atoms in total. The fourth-order valence-electron chi connectivity index (χ4n) is 2.45. The molecule has 0 radical (unpaired) electrons. The van der Waals surface area contributed by atoms with Gasteiger partial charge in [-0.05, 0) is 30.5 Å². The van der Waals surface area contributed by atoms with Crippen LogP contribution in [0.15, 0.2) is 29.6 Å². The van der Waals surface area contributed by atoms with Crippen LogP contribution in [0, 0.1) is 0 Å². The Morgan fingerprint density at radius 2 is 2.09 bits per heavy atom. The molecule has 1 aliphatic rings. The molecular formula is C16H16ClN3O2S. The first-order valence-electron chi connectivity index (χ1n) is 7.41. The third kappa shape index (κ3) is 3.89. The van der Waals surface area contributed by atoms with Crippen molar-refractivity contribution in [1.82, 2.24) is 15.2 Å². The predicted molar refractivity (Wildman–Crippen MR) is 89.9 cm³/mol. The zero-order valence-corrected chi connectivity index (χ0v) is 14.0. The number of nitrogens with one attached hydrogen (secondary N) is 1. The molecule has 1 fully saturated rings. The van der Waals surface area contributed by atoms with Gasteiger partial charge in [-0.15, -0.1) is 11.3 Å². The van der Waals surface area contributed by atoms with E-state index in [-0.39, 0.29) is 17.5 Å². The first kappa shape index (κ1) is 16.0. The topological polar surface area (TPSA) is 62.3 Å². The van der Waals surface area contributed by atoms with Crippen LogP contribution in [-0.2, 0) is 6.54 Å². The maximum atomic E-state index is 12.2.